The predicted molar refractivity (Wildman–Crippen MR) is 71.5 cm³/mol. The van der Waals surface area contributed by atoms with Crippen LogP contribution in [0, 0.1) is 0 Å². The first-order valence-corrected chi connectivity index (χ1v) is 7.43. The van der Waals surface area contributed by atoms with Gasteiger partial charge in [0.1, 0.15) is 0 Å². The van der Waals surface area contributed by atoms with Crippen LogP contribution in [0.25, 0.3) is 0 Å². The Hall–Kier alpha value is -0.810. The third-order valence-electron chi connectivity index (χ3n) is 3.57. The predicted octanol–water partition coefficient (Wildman–Crippen LogP) is 1.10. The molecule has 17 heavy (non-hydrogen) atoms. The minimum atomic E-state index is 0.818. The molecule has 0 unspecified atom stereocenters. The zero-order valence-corrected chi connectivity index (χ0v) is 10.8. The second-order valence-electron chi connectivity index (χ2n) is 4.59. The van der Waals surface area contributed by atoms with E-state index in [-0.39, 0.29) is 0 Å². The van der Waals surface area contributed by atoms with E-state index < -0.39 is 0 Å². The summed E-state index contributed by atoms with van der Waals surface area (Å²) in [6, 6.07) is 2.69. The number of rotatable bonds is 2. The fourth-order valence-electron chi connectivity index (χ4n) is 2.55. The number of anilines is 1. The van der Waals surface area contributed by atoms with Gasteiger partial charge in [0.05, 0.1) is 0 Å². The summed E-state index contributed by atoms with van der Waals surface area (Å²) in [5.41, 5.74) is 0. The standard InChI is InChI=1S/C12H18N4S/c1-3-13-12(14-4-1)16-7-5-15(6-8-16)11-2-9-17-10-11/h1,3-4,11H,2,5-10H2/t11-/m0/s1. The van der Waals surface area contributed by atoms with Crippen LogP contribution in [0.1, 0.15) is 6.42 Å². The van der Waals surface area contributed by atoms with Gasteiger partial charge in [0.15, 0.2) is 0 Å². The zero-order valence-electron chi connectivity index (χ0n) is 9.96. The first-order chi connectivity index (χ1) is 8.43. The maximum atomic E-state index is 4.32. The Morgan fingerprint density at radius 3 is 2.53 bits per heavy atom. The summed E-state index contributed by atoms with van der Waals surface area (Å²) in [4.78, 5) is 13.6. The van der Waals surface area contributed by atoms with Crippen molar-refractivity contribution in [3.05, 3.63) is 18.5 Å². The summed E-state index contributed by atoms with van der Waals surface area (Å²) < 4.78 is 0. The van der Waals surface area contributed by atoms with Crippen LogP contribution in [-0.4, -0.2) is 58.6 Å². The first kappa shape index (κ1) is 11.3. The second kappa shape index (κ2) is 5.23. The molecule has 1 aromatic heterocycles. The quantitative estimate of drug-likeness (QED) is 0.785. The summed E-state index contributed by atoms with van der Waals surface area (Å²) in [7, 11) is 0. The van der Waals surface area contributed by atoms with Crippen molar-refractivity contribution in [3.8, 4) is 0 Å². The Kier molecular flexibility index (Phi) is 3.47. The van der Waals surface area contributed by atoms with Crippen molar-refractivity contribution in [2.75, 3.05) is 42.6 Å². The topological polar surface area (TPSA) is 32.3 Å². The number of hydrogen-bond donors (Lipinski definition) is 0. The fraction of sp³-hybridized carbons (Fsp3) is 0.667. The number of aromatic nitrogens is 2. The molecule has 0 bridgehead atoms. The van der Waals surface area contributed by atoms with E-state index in [2.05, 4.69) is 31.5 Å². The zero-order chi connectivity index (χ0) is 11.5. The molecule has 0 radical (unpaired) electrons. The molecule has 3 rings (SSSR count). The van der Waals surface area contributed by atoms with Crippen molar-refractivity contribution in [2.45, 2.75) is 12.5 Å². The molecule has 2 aliphatic heterocycles. The highest BCUT2D eigenvalue weighted by Crippen LogP contribution is 2.23. The summed E-state index contributed by atoms with van der Waals surface area (Å²) in [6.45, 7) is 4.43. The molecule has 92 valence electrons. The lowest BCUT2D eigenvalue weighted by Gasteiger charge is -2.37. The van der Waals surface area contributed by atoms with Gasteiger partial charge in [-0.1, -0.05) is 0 Å². The van der Waals surface area contributed by atoms with Gasteiger partial charge in [0.25, 0.3) is 0 Å². The second-order valence-corrected chi connectivity index (χ2v) is 5.74. The summed E-state index contributed by atoms with van der Waals surface area (Å²) in [5.74, 6) is 3.54. The molecule has 0 aliphatic carbocycles. The average molecular weight is 250 g/mol. The highest BCUT2D eigenvalue weighted by molar-refractivity contribution is 7.99. The van der Waals surface area contributed by atoms with E-state index in [1.165, 1.54) is 17.9 Å². The van der Waals surface area contributed by atoms with E-state index in [1.54, 1.807) is 0 Å². The van der Waals surface area contributed by atoms with Crippen molar-refractivity contribution in [3.63, 3.8) is 0 Å². The molecule has 0 amide bonds. The van der Waals surface area contributed by atoms with Crippen LogP contribution >= 0.6 is 11.8 Å². The van der Waals surface area contributed by atoms with E-state index in [1.807, 2.05) is 18.5 Å². The molecular formula is C12H18N4S. The third kappa shape index (κ3) is 2.55. The van der Waals surface area contributed by atoms with Crippen molar-refractivity contribution >= 4 is 17.7 Å². The molecule has 5 heteroatoms. The van der Waals surface area contributed by atoms with Crippen LogP contribution in [0.15, 0.2) is 18.5 Å². The average Bonchev–Trinajstić information content (AvgIpc) is 2.94. The lowest BCUT2D eigenvalue weighted by Crippen LogP contribution is -2.50. The SMILES string of the molecule is c1cnc(N2CCN([C@H]3CCSC3)CC2)nc1. The van der Waals surface area contributed by atoms with Gasteiger partial charge in [-0.2, -0.15) is 11.8 Å². The maximum absolute atomic E-state index is 4.32. The molecule has 2 aliphatic rings. The van der Waals surface area contributed by atoms with Gasteiger partial charge in [-0.05, 0) is 18.2 Å². The summed E-state index contributed by atoms with van der Waals surface area (Å²) in [6.07, 6.45) is 5.01. The highest BCUT2D eigenvalue weighted by Gasteiger charge is 2.26. The Morgan fingerprint density at radius 1 is 1.12 bits per heavy atom. The van der Waals surface area contributed by atoms with Gasteiger partial charge < -0.3 is 4.90 Å². The van der Waals surface area contributed by atoms with Crippen LogP contribution in [-0.2, 0) is 0 Å². The molecule has 0 saturated carbocycles. The Balaban J connectivity index is 1.57. The molecule has 2 fully saturated rings. The van der Waals surface area contributed by atoms with Gasteiger partial charge in [-0.25, -0.2) is 9.97 Å². The lowest BCUT2D eigenvalue weighted by molar-refractivity contribution is 0.200. The number of nitrogens with zero attached hydrogens (tertiary/aromatic N) is 4. The summed E-state index contributed by atoms with van der Waals surface area (Å²) in [5, 5.41) is 0. The van der Waals surface area contributed by atoms with E-state index in [0.717, 1.165) is 38.2 Å². The van der Waals surface area contributed by atoms with Gasteiger partial charge >= 0.3 is 0 Å². The van der Waals surface area contributed by atoms with Crippen molar-refractivity contribution in [2.24, 2.45) is 0 Å². The lowest BCUT2D eigenvalue weighted by atomic mass is 10.2. The fourth-order valence-corrected chi connectivity index (χ4v) is 3.81. The monoisotopic (exact) mass is 250 g/mol. The highest BCUT2D eigenvalue weighted by atomic mass is 32.2. The molecular weight excluding hydrogens is 232 g/mol. The van der Waals surface area contributed by atoms with Crippen LogP contribution < -0.4 is 4.90 Å². The molecule has 0 aromatic carbocycles. The molecule has 0 spiro atoms. The van der Waals surface area contributed by atoms with Crippen molar-refractivity contribution < 1.29 is 0 Å². The summed E-state index contributed by atoms with van der Waals surface area (Å²) >= 11 is 2.09. The van der Waals surface area contributed by atoms with Gasteiger partial charge in [0.2, 0.25) is 5.95 Å². The minimum Gasteiger partial charge on any atom is -0.338 e. The Morgan fingerprint density at radius 2 is 1.88 bits per heavy atom. The number of thioether (sulfide) groups is 1. The van der Waals surface area contributed by atoms with E-state index in [0.29, 0.717) is 0 Å². The van der Waals surface area contributed by atoms with Crippen LogP contribution in [0.5, 0.6) is 0 Å². The Bertz CT molecular complexity index is 345. The Labute approximate surface area is 106 Å². The molecule has 4 nitrogen and oxygen atoms in total. The molecule has 3 heterocycles. The van der Waals surface area contributed by atoms with Gasteiger partial charge in [-0.3, -0.25) is 4.90 Å². The third-order valence-corrected chi connectivity index (χ3v) is 4.72. The normalized spacial score (nSPS) is 26.4. The number of piperazine rings is 1. The van der Waals surface area contributed by atoms with Crippen LogP contribution in [0.4, 0.5) is 5.95 Å². The maximum Gasteiger partial charge on any atom is 0.225 e. The van der Waals surface area contributed by atoms with Crippen molar-refractivity contribution in [1.82, 2.24) is 14.9 Å². The molecule has 2 saturated heterocycles. The van der Waals surface area contributed by atoms with Gasteiger partial charge in [0, 0.05) is 50.4 Å². The van der Waals surface area contributed by atoms with Crippen molar-refractivity contribution in [1.29, 1.82) is 0 Å². The largest absolute Gasteiger partial charge is 0.338 e. The smallest absolute Gasteiger partial charge is 0.225 e. The van der Waals surface area contributed by atoms with E-state index in [9.17, 15) is 0 Å². The number of hydrogen-bond acceptors (Lipinski definition) is 5. The molecule has 0 N–H and O–H groups in total. The van der Waals surface area contributed by atoms with Crippen LogP contribution in [0.3, 0.4) is 0 Å². The van der Waals surface area contributed by atoms with E-state index in [4.69, 9.17) is 0 Å². The molecule has 1 aromatic rings. The molecule has 1 atom stereocenters. The van der Waals surface area contributed by atoms with Gasteiger partial charge in [-0.15, -0.1) is 0 Å². The van der Waals surface area contributed by atoms with Crippen LogP contribution in [0.2, 0.25) is 0 Å². The van der Waals surface area contributed by atoms with E-state index >= 15 is 0 Å². The minimum absolute atomic E-state index is 0.818. The first-order valence-electron chi connectivity index (χ1n) is 6.27.